The van der Waals surface area contributed by atoms with E-state index < -0.39 is 18.8 Å². The number of aromatic nitrogens is 3. The van der Waals surface area contributed by atoms with E-state index >= 15 is 0 Å². The van der Waals surface area contributed by atoms with Crippen molar-refractivity contribution in [3.8, 4) is 11.8 Å². The minimum atomic E-state index is -4.55. The van der Waals surface area contributed by atoms with Crippen LogP contribution in [0.2, 0.25) is 0 Å². The second-order valence-electron chi connectivity index (χ2n) is 7.68. The van der Waals surface area contributed by atoms with Crippen LogP contribution in [0.25, 0.3) is 0 Å². The van der Waals surface area contributed by atoms with Gasteiger partial charge < -0.3 is 25.4 Å². The smallest absolute Gasteiger partial charge is 0.422 e. The number of halogens is 3. The number of alkyl halides is 3. The molecule has 184 valence electrons. The summed E-state index contributed by atoms with van der Waals surface area (Å²) in [6.45, 7) is -0.247. The zero-order valence-electron chi connectivity index (χ0n) is 18.6. The van der Waals surface area contributed by atoms with E-state index in [2.05, 4.69) is 30.9 Å². The molecule has 6 bridgehead atoms. The first kappa shape index (κ1) is 24.0. The average Bonchev–Trinajstić information content (AvgIpc) is 2.83. The first-order chi connectivity index (χ1) is 16.8. The lowest BCUT2D eigenvalue weighted by molar-refractivity contribution is -0.154. The van der Waals surface area contributed by atoms with E-state index in [-0.39, 0.29) is 17.8 Å². The van der Waals surface area contributed by atoms with Crippen molar-refractivity contribution in [2.24, 2.45) is 0 Å². The number of benzene rings is 2. The van der Waals surface area contributed by atoms with E-state index in [0.29, 0.717) is 36.7 Å². The Morgan fingerprint density at radius 1 is 0.971 bits per heavy atom. The number of anilines is 3. The number of hydrogen-bond donors (Lipinski definition) is 3. The molecule has 0 aliphatic carbocycles. The molecule has 3 N–H and O–H groups in total. The average molecular weight is 488 g/mol. The van der Waals surface area contributed by atoms with Crippen molar-refractivity contribution in [2.45, 2.75) is 25.6 Å². The lowest BCUT2D eigenvalue weighted by Gasteiger charge is -2.13. The van der Waals surface area contributed by atoms with Crippen molar-refractivity contribution in [1.82, 2.24) is 20.3 Å². The van der Waals surface area contributed by atoms with Crippen LogP contribution >= 0.6 is 0 Å². The summed E-state index contributed by atoms with van der Waals surface area (Å²) in [7, 11) is 0. The van der Waals surface area contributed by atoms with Crippen LogP contribution in [-0.2, 0) is 6.54 Å². The highest BCUT2D eigenvalue weighted by Gasteiger charge is 2.29. The summed E-state index contributed by atoms with van der Waals surface area (Å²) in [5, 5.41) is 8.74. The van der Waals surface area contributed by atoms with E-state index in [4.69, 9.17) is 9.47 Å². The maximum Gasteiger partial charge on any atom is 0.422 e. The molecule has 9 nitrogen and oxygen atoms in total. The SMILES string of the molecule is O=C1NCCCCOc2cccc(c2)CNc2nc(nc(OCC(F)(F)F)n2)Nc2ccc1cc2. The summed E-state index contributed by atoms with van der Waals surface area (Å²) in [6.07, 6.45) is -3.02. The third kappa shape index (κ3) is 7.45. The van der Waals surface area contributed by atoms with Gasteiger partial charge in [0.2, 0.25) is 11.9 Å². The minimum absolute atomic E-state index is 0.0244. The van der Waals surface area contributed by atoms with Gasteiger partial charge in [0.05, 0.1) is 6.61 Å². The summed E-state index contributed by atoms with van der Waals surface area (Å²) in [6, 6.07) is 13.4. The van der Waals surface area contributed by atoms with Gasteiger partial charge in [0.15, 0.2) is 6.61 Å². The van der Waals surface area contributed by atoms with Gasteiger partial charge in [-0.15, -0.1) is 0 Å². The van der Waals surface area contributed by atoms with Crippen LogP contribution in [0.1, 0.15) is 28.8 Å². The largest absolute Gasteiger partial charge is 0.494 e. The molecule has 0 spiro atoms. The van der Waals surface area contributed by atoms with Gasteiger partial charge in [0.25, 0.3) is 5.91 Å². The number of fused-ring (bicyclic) bond motifs is 9. The van der Waals surface area contributed by atoms with Gasteiger partial charge in [0.1, 0.15) is 5.75 Å². The summed E-state index contributed by atoms with van der Waals surface area (Å²) in [4.78, 5) is 24.4. The number of nitrogens with zero attached hydrogens (tertiary/aromatic N) is 3. The summed E-state index contributed by atoms with van der Waals surface area (Å²) >= 11 is 0. The maximum atomic E-state index is 12.6. The number of rotatable bonds is 2. The van der Waals surface area contributed by atoms with E-state index in [1.807, 2.05) is 24.3 Å². The first-order valence-corrected chi connectivity index (χ1v) is 10.9. The molecule has 3 heterocycles. The molecule has 0 saturated heterocycles. The number of nitrogens with one attached hydrogen (secondary N) is 3. The Hall–Kier alpha value is -4.09. The first-order valence-electron chi connectivity index (χ1n) is 10.9. The van der Waals surface area contributed by atoms with Crippen molar-refractivity contribution in [3.05, 3.63) is 59.7 Å². The van der Waals surface area contributed by atoms with Crippen molar-refractivity contribution in [1.29, 1.82) is 0 Å². The highest BCUT2D eigenvalue weighted by molar-refractivity contribution is 5.94. The van der Waals surface area contributed by atoms with Gasteiger partial charge in [-0.05, 0) is 54.8 Å². The molecule has 2 aliphatic rings. The fourth-order valence-corrected chi connectivity index (χ4v) is 3.18. The van der Waals surface area contributed by atoms with Crippen molar-refractivity contribution in [2.75, 3.05) is 30.4 Å². The van der Waals surface area contributed by atoms with E-state index in [1.54, 1.807) is 24.3 Å². The Bertz CT molecular complexity index is 1160. The normalized spacial score (nSPS) is 14.7. The monoisotopic (exact) mass is 488 g/mol. The van der Waals surface area contributed by atoms with Crippen molar-refractivity contribution >= 4 is 23.5 Å². The van der Waals surface area contributed by atoms with E-state index in [9.17, 15) is 18.0 Å². The molecule has 1 aromatic heterocycles. The van der Waals surface area contributed by atoms with Crippen molar-refractivity contribution in [3.63, 3.8) is 0 Å². The third-order valence-corrected chi connectivity index (χ3v) is 4.86. The van der Waals surface area contributed by atoms with Crippen LogP contribution in [0.5, 0.6) is 11.8 Å². The zero-order chi connectivity index (χ0) is 24.7. The van der Waals surface area contributed by atoms with Crippen LogP contribution in [0.3, 0.4) is 0 Å². The topological polar surface area (TPSA) is 110 Å². The summed E-state index contributed by atoms with van der Waals surface area (Å²) < 4.78 is 48.5. The molecule has 12 heteroatoms. The second-order valence-corrected chi connectivity index (χ2v) is 7.68. The number of ether oxygens (including phenoxy) is 2. The lowest BCUT2D eigenvalue weighted by atomic mass is 10.2. The highest BCUT2D eigenvalue weighted by atomic mass is 19.4. The Morgan fingerprint density at radius 2 is 1.77 bits per heavy atom. The predicted octanol–water partition coefficient (Wildman–Crippen LogP) is 4.07. The lowest BCUT2D eigenvalue weighted by Crippen LogP contribution is -2.24. The summed E-state index contributed by atoms with van der Waals surface area (Å²) in [5.74, 6) is 0.461. The third-order valence-electron chi connectivity index (χ3n) is 4.86. The van der Waals surface area contributed by atoms with Gasteiger partial charge in [-0.1, -0.05) is 12.1 Å². The van der Waals surface area contributed by atoms with Gasteiger partial charge in [-0.25, -0.2) is 0 Å². The maximum absolute atomic E-state index is 12.6. The van der Waals surface area contributed by atoms with Gasteiger partial charge in [-0.2, -0.15) is 28.1 Å². The van der Waals surface area contributed by atoms with Crippen molar-refractivity contribution < 1.29 is 27.4 Å². The van der Waals surface area contributed by atoms with Gasteiger partial charge in [-0.3, -0.25) is 4.79 Å². The molecule has 35 heavy (non-hydrogen) atoms. The Balaban J connectivity index is 1.61. The quantitative estimate of drug-likeness (QED) is 0.495. The fourth-order valence-electron chi connectivity index (χ4n) is 3.18. The molecule has 0 saturated carbocycles. The molecule has 0 radical (unpaired) electrons. The van der Waals surface area contributed by atoms with E-state index in [0.717, 1.165) is 18.4 Å². The highest BCUT2D eigenvalue weighted by Crippen LogP contribution is 2.21. The fraction of sp³-hybridized carbons (Fsp3) is 0.304. The molecular formula is C23H23F3N6O3. The van der Waals surface area contributed by atoms with Gasteiger partial charge >= 0.3 is 12.2 Å². The second kappa shape index (κ2) is 10.9. The molecule has 2 aromatic carbocycles. The van der Waals surface area contributed by atoms with Crippen LogP contribution in [0.15, 0.2) is 48.5 Å². The Kier molecular flexibility index (Phi) is 7.48. The molecule has 2 aliphatic heterocycles. The number of amides is 1. The van der Waals surface area contributed by atoms with E-state index in [1.165, 1.54) is 0 Å². The number of carbonyl (C=O) groups is 1. The Morgan fingerprint density at radius 3 is 2.57 bits per heavy atom. The minimum Gasteiger partial charge on any atom is -0.494 e. The van der Waals surface area contributed by atoms with Crippen LogP contribution in [-0.4, -0.2) is 46.8 Å². The molecule has 0 unspecified atom stereocenters. The number of carbonyl (C=O) groups excluding carboxylic acids is 1. The van der Waals surface area contributed by atoms with Crippen LogP contribution in [0, 0.1) is 0 Å². The Labute approximate surface area is 199 Å². The standard InChI is InChI=1S/C23H23F3N6O3/c24-23(25,26)14-35-22-31-20-28-13-15-4-3-5-18(12-15)34-11-2-1-10-27-19(33)16-6-8-17(9-7-16)29-21(30-20)32-22/h3-9,12H,1-2,10-11,13-14H2,(H,27,33)(H2,28,29,30,31,32). The molecule has 0 fully saturated rings. The summed E-state index contributed by atoms with van der Waals surface area (Å²) in [5.41, 5.74) is 1.84. The predicted molar refractivity (Wildman–Crippen MR) is 122 cm³/mol. The molecule has 1 amide bonds. The van der Waals surface area contributed by atoms with Crippen LogP contribution in [0.4, 0.5) is 30.8 Å². The van der Waals surface area contributed by atoms with Crippen LogP contribution < -0.4 is 25.4 Å². The van der Waals surface area contributed by atoms with Gasteiger partial charge in [0, 0.05) is 24.3 Å². The zero-order valence-corrected chi connectivity index (χ0v) is 18.6. The number of hydrogen-bond acceptors (Lipinski definition) is 8. The molecule has 3 aromatic rings. The molecule has 5 rings (SSSR count). The molecular weight excluding hydrogens is 465 g/mol. The molecule has 0 atom stereocenters.